The number of aryl methyl sites for hydroxylation is 1. The van der Waals surface area contributed by atoms with Gasteiger partial charge in [-0.25, -0.2) is 0 Å². The van der Waals surface area contributed by atoms with Crippen LogP contribution in [0.25, 0.3) is 0 Å². The Morgan fingerprint density at radius 3 is 2.48 bits per heavy atom. The minimum Gasteiger partial charge on any atom is -0.479 e. The van der Waals surface area contributed by atoms with E-state index in [1.807, 2.05) is 0 Å². The Hall–Kier alpha value is -3.94. The van der Waals surface area contributed by atoms with Crippen molar-refractivity contribution >= 4 is 23.1 Å². The Morgan fingerprint density at radius 2 is 1.83 bits per heavy atom. The van der Waals surface area contributed by atoms with Gasteiger partial charge in [-0.05, 0) is 61.9 Å². The van der Waals surface area contributed by atoms with Gasteiger partial charge in [-0.3, -0.25) is 19.7 Å². The van der Waals surface area contributed by atoms with Crippen LogP contribution in [0.5, 0.6) is 5.75 Å². The molecule has 0 radical (unpaired) electrons. The highest BCUT2D eigenvalue weighted by Crippen LogP contribution is 2.28. The van der Waals surface area contributed by atoms with Crippen molar-refractivity contribution < 1.29 is 23.7 Å². The molecule has 3 rings (SSSR count). The van der Waals surface area contributed by atoms with E-state index < -0.39 is 10.8 Å². The number of hydrogen-bond donors (Lipinski definition) is 1. The first kappa shape index (κ1) is 19.8. The fourth-order valence-electron chi connectivity index (χ4n) is 2.60. The van der Waals surface area contributed by atoms with Crippen molar-refractivity contribution in [1.29, 1.82) is 0 Å². The molecule has 0 aliphatic rings. The van der Waals surface area contributed by atoms with Crippen molar-refractivity contribution in [1.82, 2.24) is 0 Å². The standard InChI is InChI=1S/C21H18N2O6/c1-13-3-9-19(18(11-13)23(26)27)28-12-17-8-10-20(29-17)21(25)22-16-6-4-15(5-7-16)14(2)24/h3-11H,12H2,1-2H3,(H,22,25). The molecular weight excluding hydrogens is 376 g/mol. The van der Waals surface area contributed by atoms with Crippen molar-refractivity contribution in [2.45, 2.75) is 20.5 Å². The lowest BCUT2D eigenvalue weighted by molar-refractivity contribution is -0.386. The molecule has 8 nitrogen and oxygen atoms in total. The van der Waals surface area contributed by atoms with Gasteiger partial charge in [-0.1, -0.05) is 6.07 Å². The largest absolute Gasteiger partial charge is 0.479 e. The maximum atomic E-state index is 12.3. The number of nitro benzene ring substituents is 1. The van der Waals surface area contributed by atoms with E-state index in [1.54, 1.807) is 43.3 Å². The summed E-state index contributed by atoms with van der Waals surface area (Å²) in [6, 6.07) is 14.2. The van der Waals surface area contributed by atoms with E-state index in [4.69, 9.17) is 9.15 Å². The molecule has 3 aromatic rings. The molecule has 0 bridgehead atoms. The van der Waals surface area contributed by atoms with Crippen LogP contribution in [0.3, 0.4) is 0 Å². The summed E-state index contributed by atoms with van der Waals surface area (Å²) >= 11 is 0. The number of hydrogen-bond acceptors (Lipinski definition) is 6. The summed E-state index contributed by atoms with van der Waals surface area (Å²) < 4.78 is 11.0. The average Bonchev–Trinajstić information content (AvgIpc) is 3.16. The molecule has 0 aliphatic heterocycles. The first-order valence-corrected chi connectivity index (χ1v) is 8.72. The zero-order valence-electron chi connectivity index (χ0n) is 15.8. The van der Waals surface area contributed by atoms with Crippen molar-refractivity contribution in [2.24, 2.45) is 0 Å². The van der Waals surface area contributed by atoms with Gasteiger partial charge < -0.3 is 14.5 Å². The summed E-state index contributed by atoms with van der Waals surface area (Å²) in [6.45, 7) is 3.15. The van der Waals surface area contributed by atoms with Crippen molar-refractivity contribution in [3.63, 3.8) is 0 Å². The third-order valence-electron chi connectivity index (χ3n) is 4.12. The molecule has 29 heavy (non-hydrogen) atoms. The lowest BCUT2D eigenvalue weighted by Gasteiger charge is -2.06. The average molecular weight is 394 g/mol. The quantitative estimate of drug-likeness (QED) is 0.358. The molecule has 1 aromatic heterocycles. The van der Waals surface area contributed by atoms with Crippen LogP contribution in [-0.4, -0.2) is 16.6 Å². The molecular formula is C21H18N2O6. The molecule has 1 heterocycles. The zero-order valence-corrected chi connectivity index (χ0v) is 15.8. The number of nitro groups is 1. The molecule has 0 fully saturated rings. The van der Waals surface area contributed by atoms with Crippen LogP contribution in [0, 0.1) is 17.0 Å². The summed E-state index contributed by atoms with van der Waals surface area (Å²) in [5.41, 5.74) is 1.68. The molecule has 2 aromatic carbocycles. The van der Waals surface area contributed by atoms with Crippen molar-refractivity contribution in [2.75, 3.05) is 5.32 Å². The smallest absolute Gasteiger partial charge is 0.311 e. The van der Waals surface area contributed by atoms with Gasteiger partial charge in [0.25, 0.3) is 5.91 Å². The van der Waals surface area contributed by atoms with Gasteiger partial charge in [-0.15, -0.1) is 0 Å². The van der Waals surface area contributed by atoms with E-state index in [2.05, 4.69) is 5.32 Å². The number of carbonyl (C=O) groups excluding carboxylic acids is 2. The number of nitrogens with one attached hydrogen (secondary N) is 1. The normalized spacial score (nSPS) is 10.4. The number of benzene rings is 2. The summed E-state index contributed by atoms with van der Waals surface area (Å²) in [4.78, 5) is 34.2. The maximum Gasteiger partial charge on any atom is 0.311 e. The number of rotatable bonds is 7. The molecule has 0 spiro atoms. The number of nitrogens with zero attached hydrogens (tertiary/aromatic N) is 1. The molecule has 0 saturated heterocycles. The summed E-state index contributed by atoms with van der Waals surface area (Å²) in [7, 11) is 0. The number of furan rings is 1. The third kappa shape index (κ3) is 4.86. The number of anilines is 1. The van der Waals surface area contributed by atoms with E-state index >= 15 is 0 Å². The van der Waals surface area contributed by atoms with Gasteiger partial charge in [0.05, 0.1) is 4.92 Å². The topological polar surface area (TPSA) is 112 Å². The first-order valence-electron chi connectivity index (χ1n) is 8.72. The molecule has 0 aliphatic carbocycles. The second kappa shape index (κ2) is 8.39. The van der Waals surface area contributed by atoms with E-state index in [9.17, 15) is 19.7 Å². The number of carbonyl (C=O) groups is 2. The van der Waals surface area contributed by atoms with Gasteiger partial charge in [0.15, 0.2) is 17.3 Å². The highest BCUT2D eigenvalue weighted by atomic mass is 16.6. The maximum absolute atomic E-state index is 12.3. The van der Waals surface area contributed by atoms with Crippen LogP contribution >= 0.6 is 0 Å². The van der Waals surface area contributed by atoms with Gasteiger partial charge in [-0.2, -0.15) is 0 Å². The Bertz CT molecular complexity index is 1070. The number of Topliss-reactive ketones (excluding diaryl/α,β-unsaturated/α-hetero) is 1. The van der Waals surface area contributed by atoms with Gasteiger partial charge >= 0.3 is 5.69 Å². The molecule has 1 N–H and O–H groups in total. The summed E-state index contributed by atoms with van der Waals surface area (Å²) in [5.74, 6) is 0.00340. The van der Waals surface area contributed by atoms with Crippen LogP contribution in [-0.2, 0) is 6.61 Å². The highest BCUT2D eigenvalue weighted by Gasteiger charge is 2.17. The van der Waals surface area contributed by atoms with Crippen molar-refractivity contribution in [3.8, 4) is 5.75 Å². The number of ether oxygens (including phenoxy) is 1. The lowest BCUT2D eigenvalue weighted by Crippen LogP contribution is -2.11. The van der Waals surface area contributed by atoms with Gasteiger partial charge in [0, 0.05) is 17.3 Å². The first-order chi connectivity index (χ1) is 13.8. The van der Waals surface area contributed by atoms with Crippen LogP contribution in [0.15, 0.2) is 59.0 Å². The fourth-order valence-corrected chi connectivity index (χ4v) is 2.60. The Morgan fingerprint density at radius 1 is 1.10 bits per heavy atom. The van der Waals surface area contributed by atoms with Gasteiger partial charge in [0.1, 0.15) is 12.4 Å². The van der Waals surface area contributed by atoms with E-state index in [0.29, 0.717) is 17.0 Å². The number of amides is 1. The van der Waals surface area contributed by atoms with Crippen LogP contribution in [0.2, 0.25) is 0 Å². The highest BCUT2D eigenvalue weighted by molar-refractivity contribution is 6.02. The predicted octanol–water partition coefficient (Wildman–Crippen LogP) is 4.53. The molecule has 0 atom stereocenters. The zero-order chi connectivity index (χ0) is 21.0. The van der Waals surface area contributed by atoms with Gasteiger partial charge in [0.2, 0.25) is 0 Å². The van der Waals surface area contributed by atoms with E-state index in [1.165, 1.54) is 25.1 Å². The third-order valence-corrected chi connectivity index (χ3v) is 4.12. The summed E-state index contributed by atoms with van der Waals surface area (Å²) in [6.07, 6.45) is 0. The molecule has 148 valence electrons. The molecule has 0 saturated carbocycles. The summed E-state index contributed by atoms with van der Waals surface area (Å²) in [5, 5.41) is 13.8. The Balaban J connectivity index is 1.64. The fraction of sp³-hybridized carbons (Fsp3) is 0.143. The Kier molecular flexibility index (Phi) is 5.73. The SMILES string of the molecule is CC(=O)c1ccc(NC(=O)c2ccc(COc3ccc(C)cc3[N+](=O)[O-])o2)cc1. The van der Waals surface area contributed by atoms with E-state index in [0.717, 1.165) is 5.56 Å². The van der Waals surface area contributed by atoms with E-state index in [-0.39, 0.29) is 29.6 Å². The van der Waals surface area contributed by atoms with Crippen LogP contribution in [0.4, 0.5) is 11.4 Å². The predicted molar refractivity (Wildman–Crippen MR) is 105 cm³/mol. The minimum absolute atomic E-state index is 0.0626. The van der Waals surface area contributed by atoms with Crippen LogP contribution in [0.1, 0.15) is 39.2 Å². The van der Waals surface area contributed by atoms with Crippen molar-refractivity contribution in [3.05, 3.63) is 87.4 Å². The van der Waals surface area contributed by atoms with Crippen LogP contribution < -0.4 is 10.1 Å². The molecule has 1 amide bonds. The second-order valence-electron chi connectivity index (χ2n) is 6.37. The minimum atomic E-state index is -0.513. The lowest BCUT2D eigenvalue weighted by atomic mass is 10.1. The second-order valence-corrected chi connectivity index (χ2v) is 6.37. The monoisotopic (exact) mass is 394 g/mol. The molecule has 0 unspecified atom stereocenters. The number of ketones is 1. The Labute approximate surface area is 166 Å². The molecule has 8 heteroatoms.